The van der Waals surface area contributed by atoms with E-state index in [1.807, 2.05) is 24.3 Å². The Bertz CT molecular complexity index is 837. The SMILES string of the molecule is CCCCCCCCc1ccc(OC(C)C(=O)Nc2cc(Cl)c(C)c(Cl)c2O)cc1. The number of halogens is 2. The van der Waals surface area contributed by atoms with Gasteiger partial charge in [-0.1, -0.05) is 74.4 Å². The molecule has 0 saturated heterocycles. The number of ether oxygens (including phenoxy) is 1. The lowest BCUT2D eigenvalue weighted by Gasteiger charge is -2.17. The molecule has 1 amide bonds. The summed E-state index contributed by atoms with van der Waals surface area (Å²) in [6.45, 7) is 5.57. The Hall–Kier alpha value is -1.91. The van der Waals surface area contributed by atoms with Crippen molar-refractivity contribution < 1.29 is 14.6 Å². The van der Waals surface area contributed by atoms with E-state index in [1.165, 1.54) is 50.2 Å². The molecule has 0 radical (unpaired) electrons. The number of aryl methyl sites for hydroxylation is 1. The van der Waals surface area contributed by atoms with Gasteiger partial charge in [-0.3, -0.25) is 4.79 Å². The molecule has 0 aromatic heterocycles. The fourth-order valence-corrected chi connectivity index (χ4v) is 3.59. The van der Waals surface area contributed by atoms with E-state index in [1.54, 1.807) is 13.8 Å². The highest BCUT2D eigenvalue weighted by Crippen LogP contribution is 2.38. The Morgan fingerprint density at radius 3 is 2.40 bits per heavy atom. The van der Waals surface area contributed by atoms with E-state index in [-0.39, 0.29) is 16.5 Å². The van der Waals surface area contributed by atoms with Crippen molar-refractivity contribution >= 4 is 34.8 Å². The first kappa shape index (κ1) is 24.4. The van der Waals surface area contributed by atoms with Crippen LogP contribution in [0.1, 0.15) is 63.5 Å². The van der Waals surface area contributed by atoms with Crippen molar-refractivity contribution in [3.05, 3.63) is 51.5 Å². The number of phenolic OH excluding ortho intramolecular Hbond substituents is 1. The molecule has 1 atom stereocenters. The van der Waals surface area contributed by atoms with Gasteiger partial charge in [-0.05, 0) is 56.0 Å². The lowest BCUT2D eigenvalue weighted by molar-refractivity contribution is -0.122. The summed E-state index contributed by atoms with van der Waals surface area (Å²) < 4.78 is 5.74. The minimum absolute atomic E-state index is 0.118. The number of aromatic hydroxyl groups is 1. The van der Waals surface area contributed by atoms with E-state index in [2.05, 4.69) is 12.2 Å². The zero-order valence-electron chi connectivity index (χ0n) is 17.9. The molecule has 2 N–H and O–H groups in total. The topological polar surface area (TPSA) is 58.6 Å². The third-order valence-corrected chi connectivity index (χ3v) is 5.96. The fraction of sp³-hybridized carbons (Fsp3) is 0.458. The number of unbranched alkanes of at least 4 members (excludes halogenated alkanes) is 5. The summed E-state index contributed by atoms with van der Waals surface area (Å²) in [4.78, 5) is 12.5. The predicted octanol–water partition coefficient (Wildman–Crippen LogP) is 7.32. The first-order valence-electron chi connectivity index (χ1n) is 10.6. The monoisotopic (exact) mass is 451 g/mol. The number of benzene rings is 2. The van der Waals surface area contributed by atoms with E-state index in [4.69, 9.17) is 27.9 Å². The van der Waals surface area contributed by atoms with Gasteiger partial charge in [-0.2, -0.15) is 0 Å². The van der Waals surface area contributed by atoms with E-state index in [0.717, 1.165) is 6.42 Å². The number of carbonyl (C=O) groups excluding carboxylic acids is 1. The second-order valence-electron chi connectivity index (χ2n) is 7.60. The van der Waals surface area contributed by atoms with Gasteiger partial charge in [-0.15, -0.1) is 0 Å². The average molecular weight is 452 g/mol. The minimum atomic E-state index is -0.757. The van der Waals surface area contributed by atoms with Gasteiger partial charge in [0.25, 0.3) is 5.91 Å². The van der Waals surface area contributed by atoms with Gasteiger partial charge in [0, 0.05) is 5.02 Å². The van der Waals surface area contributed by atoms with Crippen LogP contribution in [0.5, 0.6) is 11.5 Å². The van der Waals surface area contributed by atoms with Crippen molar-refractivity contribution in [3.63, 3.8) is 0 Å². The highest BCUT2D eigenvalue weighted by Gasteiger charge is 2.19. The molecular weight excluding hydrogens is 421 g/mol. The molecule has 1 unspecified atom stereocenters. The van der Waals surface area contributed by atoms with Crippen molar-refractivity contribution in [3.8, 4) is 11.5 Å². The number of amides is 1. The first-order valence-corrected chi connectivity index (χ1v) is 11.3. The maximum absolute atomic E-state index is 12.5. The zero-order valence-corrected chi connectivity index (χ0v) is 19.4. The number of carbonyl (C=O) groups is 1. The van der Waals surface area contributed by atoms with Crippen molar-refractivity contribution in [2.45, 2.75) is 71.8 Å². The van der Waals surface area contributed by atoms with Crippen molar-refractivity contribution in [1.82, 2.24) is 0 Å². The molecule has 2 aromatic carbocycles. The van der Waals surface area contributed by atoms with Crippen LogP contribution in [0.25, 0.3) is 0 Å². The van der Waals surface area contributed by atoms with Crippen LogP contribution in [0.15, 0.2) is 30.3 Å². The molecule has 0 spiro atoms. The zero-order chi connectivity index (χ0) is 22.1. The maximum Gasteiger partial charge on any atom is 0.265 e. The lowest BCUT2D eigenvalue weighted by atomic mass is 10.0. The Morgan fingerprint density at radius 2 is 1.73 bits per heavy atom. The number of hydrogen-bond acceptors (Lipinski definition) is 3. The van der Waals surface area contributed by atoms with Crippen LogP contribution in [0.3, 0.4) is 0 Å². The summed E-state index contributed by atoms with van der Waals surface area (Å²) in [6, 6.07) is 9.31. The Morgan fingerprint density at radius 1 is 1.10 bits per heavy atom. The van der Waals surface area contributed by atoms with Crippen molar-refractivity contribution in [1.29, 1.82) is 0 Å². The summed E-state index contributed by atoms with van der Waals surface area (Å²) >= 11 is 12.1. The van der Waals surface area contributed by atoms with E-state index in [9.17, 15) is 9.90 Å². The highest BCUT2D eigenvalue weighted by atomic mass is 35.5. The Labute approximate surface area is 189 Å². The molecule has 0 saturated carbocycles. The van der Waals surface area contributed by atoms with Crippen LogP contribution in [0, 0.1) is 6.92 Å². The van der Waals surface area contributed by atoms with E-state index >= 15 is 0 Å². The summed E-state index contributed by atoms with van der Waals surface area (Å²) in [6.07, 6.45) is 7.96. The molecule has 0 fully saturated rings. The van der Waals surface area contributed by atoms with E-state index < -0.39 is 12.0 Å². The fourth-order valence-electron chi connectivity index (χ4n) is 3.14. The van der Waals surface area contributed by atoms with Gasteiger partial charge in [0.05, 0.1) is 10.7 Å². The molecule has 0 heterocycles. The van der Waals surface area contributed by atoms with Crippen LogP contribution < -0.4 is 10.1 Å². The standard InChI is InChI=1S/C24H31Cl2NO3/c1-4-5-6-7-8-9-10-18-11-13-19(14-12-18)30-17(3)24(29)27-21-15-20(25)16(2)22(26)23(21)28/h11-15,17,28H,4-10H2,1-3H3,(H,27,29). The summed E-state index contributed by atoms with van der Waals surface area (Å²) in [5, 5.41) is 13.2. The molecule has 0 bridgehead atoms. The molecule has 164 valence electrons. The normalized spacial score (nSPS) is 11.9. The molecule has 4 nitrogen and oxygen atoms in total. The van der Waals surface area contributed by atoms with Crippen LogP contribution in [0.4, 0.5) is 5.69 Å². The van der Waals surface area contributed by atoms with Gasteiger partial charge < -0.3 is 15.2 Å². The van der Waals surface area contributed by atoms with Gasteiger partial charge in [0.2, 0.25) is 0 Å². The second kappa shape index (κ2) is 12.1. The maximum atomic E-state index is 12.5. The van der Waals surface area contributed by atoms with Crippen LogP contribution in [-0.4, -0.2) is 17.1 Å². The third kappa shape index (κ3) is 7.10. The molecule has 2 aromatic rings. The number of phenols is 1. The Kier molecular flexibility index (Phi) is 9.80. The molecule has 0 aliphatic heterocycles. The van der Waals surface area contributed by atoms with Gasteiger partial charge in [0.15, 0.2) is 11.9 Å². The molecule has 0 aliphatic rings. The number of anilines is 1. The average Bonchev–Trinajstić information content (AvgIpc) is 2.74. The highest BCUT2D eigenvalue weighted by molar-refractivity contribution is 6.37. The minimum Gasteiger partial charge on any atom is -0.504 e. The largest absolute Gasteiger partial charge is 0.504 e. The van der Waals surface area contributed by atoms with Crippen LogP contribution in [0.2, 0.25) is 10.0 Å². The smallest absolute Gasteiger partial charge is 0.265 e. The van der Waals surface area contributed by atoms with Gasteiger partial charge in [0.1, 0.15) is 5.75 Å². The van der Waals surface area contributed by atoms with Crippen LogP contribution in [-0.2, 0) is 11.2 Å². The molecule has 2 rings (SSSR count). The lowest BCUT2D eigenvalue weighted by Crippen LogP contribution is -2.30. The molecular formula is C24H31Cl2NO3. The quantitative estimate of drug-likeness (QED) is 0.277. The first-order chi connectivity index (χ1) is 14.3. The predicted molar refractivity (Wildman–Crippen MR) is 125 cm³/mol. The van der Waals surface area contributed by atoms with Crippen molar-refractivity contribution in [2.24, 2.45) is 0 Å². The Balaban J connectivity index is 1.85. The van der Waals surface area contributed by atoms with Gasteiger partial charge >= 0.3 is 0 Å². The molecule has 30 heavy (non-hydrogen) atoms. The third-order valence-electron chi connectivity index (χ3n) is 5.10. The summed E-state index contributed by atoms with van der Waals surface area (Å²) in [5.74, 6) is 0.00384. The second-order valence-corrected chi connectivity index (χ2v) is 8.39. The van der Waals surface area contributed by atoms with Crippen molar-refractivity contribution in [2.75, 3.05) is 5.32 Å². The number of nitrogens with one attached hydrogen (secondary N) is 1. The number of rotatable bonds is 11. The summed E-state index contributed by atoms with van der Waals surface area (Å²) in [7, 11) is 0. The molecule has 6 heteroatoms. The summed E-state index contributed by atoms with van der Waals surface area (Å²) in [5.41, 5.74) is 1.98. The number of hydrogen-bond donors (Lipinski definition) is 2. The van der Waals surface area contributed by atoms with Crippen LogP contribution >= 0.6 is 23.2 Å². The van der Waals surface area contributed by atoms with Gasteiger partial charge in [-0.25, -0.2) is 0 Å². The van der Waals surface area contributed by atoms with E-state index in [0.29, 0.717) is 16.3 Å². The molecule has 0 aliphatic carbocycles.